The molecule has 3 aromatic carbocycles. The Kier molecular flexibility index (Phi) is 4.03. The molecule has 0 atom stereocenters. The largest absolute Gasteiger partial charge is 0.508 e. The molecule has 0 spiro atoms. The van der Waals surface area contributed by atoms with Crippen LogP contribution in [0.15, 0.2) is 63.7 Å². The number of aromatic hydroxyl groups is 3. The highest BCUT2D eigenvalue weighted by Crippen LogP contribution is 2.34. The average molecular weight is 360 g/mol. The molecule has 0 amide bonds. The predicted molar refractivity (Wildman–Crippen MR) is 89.4 cm³/mol. The molecule has 3 rings (SSSR count). The van der Waals surface area contributed by atoms with Crippen molar-refractivity contribution in [2.75, 3.05) is 0 Å². The highest BCUT2D eigenvalue weighted by molar-refractivity contribution is 7.85. The summed E-state index contributed by atoms with van der Waals surface area (Å²) in [5, 5.41) is 37.3. The summed E-state index contributed by atoms with van der Waals surface area (Å²) in [4.78, 5) is -0.442. The molecule has 0 aromatic heterocycles. The fraction of sp³-hybridized carbons (Fsp3) is 0. The number of rotatable bonds is 3. The van der Waals surface area contributed by atoms with Gasteiger partial charge in [-0.15, -0.1) is 5.11 Å². The predicted octanol–water partition coefficient (Wildman–Crippen LogP) is 3.62. The van der Waals surface area contributed by atoms with Crippen molar-refractivity contribution in [1.82, 2.24) is 0 Å². The van der Waals surface area contributed by atoms with Crippen LogP contribution in [0.1, 0.15) is 0 Å². The van der Waals surface area contributed by atoms with E-state index in [0.29, 0.717) is 16.5 Å². The lowest BCUT2D eigenvalue weighted by Crippen LogP contribution is -1.97. The standard InChI is InChI=1S/C16H12N2O6S/c19-11-2-4-14(16(21)7-11)18-17-10-1-3-13-9(5-10)6-12(8-15(13)20)25(22,23)24/h1-8,19-21H,(H,22,23,24). The fourth-order valence-electron chi connectivity index (χ4n) is 2.23. The maximum atomic E-state index is 11.2. The van der Waals surface area contributed by atoms with Crippen LogP contribution in [-0.4, -0.2) is 28.3 Å². The summed E-state index contributed by atoms with van der Waals surface area (Å²) in [6, 6.07) is 10.5. The van der Waals surface area contributed by atoms with Gasteiger partial charge in [0.15, 0.2) is 0 Å². The molecule has 8 nitrogen and oxygen atoms in total. The van der Waals surface area contributed by atoms with E-state index in [1.54, 1.807) is 0 Å². The Morgan fingerprint density at radius 1 is 0.800 bits per heavy atom. The Balaban J connectivity index is 2.04. The molecule has 25 heavy (non-hydrogen) atoms. The SMILES string of the molecule is O=S(=O)(O)c1cc(O)c2ccc(N=Nc3ccc(O)cc3O)cc2c1. The molecule has 0 fully saturated rings. The molecular weight excluding hydrogens is 348 g/mol. The van der Waals surface area contributed by atoms with E-state index in [4.69, 9.17) is 4.55 Å². The Bertz CT molecular complexity index is 1110. The average Bonchev–Trinajstić information content (AvgIpc) is 2.53. The highest BCUT2D eigenvalue weighted by atomic mass is 32.2. The zero-order valence-corrected chi connectivity index (χ0v) is 13.3. The summed E-state index contributed by atoms with van der Waals surface area (Å²) in [7, 11) is -4.47. The number of azo groups is 1. The molecule has 0 aliphatic rings. The van der Waals surface area contributed by atoms with Crippen molar-refractivity contribution in [3.05, 3.63) is 48.5 Å². The third kappa shape index (κ3) is 3.52. The molecule has 4 N–H and O–H groups in total. The molecular formula is C16H12N2O6S. The van der Waals surface area contributed by atoms with Crippen molar-refractivity contribution in [3.8, 4) is 17.2 Å². The number of phenols is 3. The van der Waals surface area contributed by atoms with Gasteiger partial charge >= 0.3 is 0 Å². The molecule has 3 aromatic rings. The van der Waals surface area contributed by atoms with Crippen molar-refractivity contribution in [3.63, 3.8) is 0 Å². The number of hydrogen-bond acceptors (Lipinski definition) is 7. The summed E-state index contributed by atoms with van der Waals surface area (Å²) in [5.41, 5.74) is 0.458. The van der Waals surface area contributed by atoms with Gasteiger partial charge in [-0.05, 0) is 41.8 Å². The Morgan fingerprint density at radius 2 is 1.56 bits per heavy atom. The molecule has 0 saturated heterocycles. The first-order valence-corrected chi connectivity index (χ1v) is 8.36. The number of nitrogens with zero attached hydrogens (tertiary/aromatic N) is 2. The van der Waals surface area contributed by atoms with E-state index in [1.807, 2.05) is 0 Å². The van der Waals surface area contributed by atoms with Crippen LogP contribution in [0.5, 0.6) is 17.2 Å². The number of phenolic OH excluding ortho intramolecular Hbond substituents is 3. The molecule has 9 heteroatoms. The lowest BCUT2D eigenvalue weighted by molar-refractivity contribution is 0.451. The van der Waals surface area contributed by atoms with E-state index in [0.717, 1.165) is 12.1 Å². The van der Waals surface area contributed by atoms with E-state index in [-0.39, 0.29) is 22.9 Å². The van der Waals surface area contributed by atoms with Gasteiger partial charge in [-0.25, -0.2) is 0 Å². The molecule has 0 radical (unpaired) electrons. The van der Waals surface area contributed by atoms with Crippen molar-refractivity contribution < 1.29 is 28.3 Å². The Hall–Kier alpha value is -3.17. The lowest BCUT2D eigenvalue weighted by Gasteiger charge is -2.05. The van der Waals surface area contributed by atoms with Crippen LogP contribution in [0.4, 0.5) is 11.4 Å². The minimum Gasteiger partial charge on any atom is -0.508 e. The molecule has 0 unspecified atom stereocenters. The summed E-state index contributed by atoms with van der Waals surface area (Å²) in [5.74, 6) is -0.670. The summed E-state index contributed by atoms with van der Waals surface area (Å²) in [6.07, 6.45) is 0. The maximum absolute atomic E-state index is 11.2. The molecule has 128 valence electrons. The molecule has 0 heterocycles. The van der Waals surface area contributed by atoms with Crippen LogP contribution >= 0.6 is 0 Å². The second kappa shape index (κ2) is 6.04. The molecule has 0 aliphatic heterocycles. The van der Waals surface area contributed by atoms with Crippen LogP contribution in [0.25, 0.3) is 10.8 Å². The second-order valence-electron chi connectivity index (χ2n) is 5.20. The first-order valence-electron chi connectivity index (χ1n) is 6.92. The van der Waals surface area contributed by atoms with E-state index < -0.39 is 15.0 Å². The third-order valence-corrected chi connectivity index (χ3v) is 4.25. The van der Waals surface area contributed by atoms with Crippen molar-refractivity contribution in [2.45, 2.75) is 4.90 Å². The van der Waals surface area contributed by atoms with Crippen molar-refractivity contribution >= 4 is 32.3 Å². The van der Waals surface area contributed by atoms with Crippen LogP contribution in [0.3, 0.4) is 0 Å². The zero-order valence-electron chi connectivity index (χ0n) is 12.5. The first-order chi connectivity index (χ1) is 11.7. The minimum absolute atomic E-state index is 0.115. The number of benzene rings is 3. The van der Waals surface area contributed by atoms with Gasteiger partial charge in [-0.1, -0.05) is 0 Å². The van der Waals surface area contributed by atoms with Crippen LogP contribution in [-0.2, 0) is 10.1 Å². The third-order valence-electron chi connectivity index (χ3n) is 3.42. The van der Waals surface area contributed by atoms with Crippen molar-refractivity contribution in [2.24, 2.45) is 10.2 Å². The van der Waals surface area contributed by atoms with E-state index in [2.05, 4.69) is 10.2 Å². The van der Waals surface area contributed by atoms with E-state index in [1.165, 1.54) is 36.4 Å². The Morgan fingerprint density at radius 3 is 2.24 bits per heavy atom. The summed E-state index contributed by atoms with van der Waals surface area (Å²) >= 11 is 0. The van der Waals surface area contributed by atoms with Gasteiger partial charge in [0.25, 0.3) is 10.1 Å². The normalized spacial score (nSPS) is 12.0. The smallest absolute Gasteiger partial charge is 0.294 e. The van der Waals surface area contributed by atoms with Gasteiger partial charge in [0.2, 0.25) is 0 Å². The van der Waals surface area contributed by atoms with Gasteiger partial charge in [0.1, 0.15) is 22.9 Å². The second-order valence-corrected chi connectivity index (χ2v) is 6.62. The van der Waals surface area contributed by atoms with Crippen LogP contribution in [0.2, 0.25) is 0 Å². The summed E-state index contributed by atoms with van der Waals surface area (Å²) in [6.45, 7) is 0. The quantitative estimate of drug-likeness (QED) is 0.415. The van der Waals surface area contributed by atoms with E-state index in [9.17, 15) is 23.7 Å². The monoisotopic (exact) mass is 360 g/mol. The van der Waals surface area contributed by atoms with E-state index >= 15 is 0 Å². The summed E-state index contributed by atoms with van der Waals surface area (Å²) < 4.78 is 31.6. The minimum atomic E-state index is -4.47. The molecule has 0 saturated carbocycles. The Labute approximate surface area is 142 Å². The van der Waals surface area contributed by atoms with Gasteiger partial charge in [0, 0.05) is 17.5 Å². The van der Waals surface area contributed by atoms with Crippen molar-refractivity contribution in [1.29, 1.82) is 0 Å². The number of hydrogen-bond donors (Lipinski definition) is 4. The zero-order chi connectivity index (χ0) is 18.2. The van der Waals surface area contributed by atoms with Gasteiger partial charge in [0.05, 0.1) is 10.6 Å². The number of fused-ring (bicyclic) bond motifs is 1. The molecule has 0 aliphatic carbocycles. The van der Waals surface area contributed by atoms with Gasteiger partial charge in [-0.3, -0.25) is 4.55 Å². The van der Waals surface area contributed by atoms with Gasteiger partial charge < -0.3 is 15.3 Å². The fourth-order valence-corrected chi connectivity index (χ4v) is 2.77. The first kappa shape index (κ1) is 16.7. The lowest BCUT2D eigenvalue weighted by atomic mass is 10.1. The maximum Gasteiger partial charge on any atom is 0.294 e. The molecule has 0 bridgehead atoms. The van der Waals surface area contributed by atoms with Gasteiger partial charge in [-0.2, -0.15) is 13.5 Å². The van der Waals surface area contributed by atoms with Crippen LogP contribution < -0.4 is 0 Å². The van der Waals surface area contributed by atoms with Crippen LogP contribution in [0, 0.1) is 0 Å². The highest BCUT2D eigenvalue weighted by Gasteiger charge is 2.13. The topological polar surface area (TPSA) is 140 Å².